The number of anilines is 1. The van der Waals surface area contributed by atoms with Crippen molar-refractivity contribution in [1.82, 2.24) is 19.5 Å². The molecule has 1 aliphatic heterocycles. The number of imidazole rings is 1. The summed E-state index contributed by atoms with van der Waals surface area (Å²) in [7, 11) is 0. The summed E-state index contributed by atoms with van der Waals surface area (Å²) in [6.45, 7) is 10.3. The van der Waals surface area contributed by atoms with Crippen molar-refractivity contribution < 1.29 is 19.4 Å². The van der Waals surface area contributed by atoms with Gasteiger partial charge in [-0.05, 0) is 34.1 Å². The van der Waals surface area contributed by atoms with Crippen LogP contribution in [0.3, 0.4) is 0 Å². The maximum atomic E-state index is 12.7. The molecule has 1 amide bonds. The molecule has 10 nitrogen and oxygen atoms in total. The number of fused-ring (bicyclic) bond motifs is 1. The van der Waals surface area contributed by atoms with Crippen LogP contribution in [0.2, 0.25) is 0 Å². The number of piperazine rings is 1. The minimum Gasteiger partial charge on any atom is -0.476 e. The first-order chi connectivity index (χ1) is 13.5. The first kappa shape index (κ1) is 20.7. The van der Waals surface area contributed by atoms with Crippen LogP contribution in [-0.4, -0.2) is 67.4 Å². The highest BCUT2D eigenvalue weighted by molar-refractivity contribution is 5.87. The van der Waals surface area contributed by atoms with Gasteiger partial charge in [-0.2, -0.15) is 0 Å². The Morgan fingerprint density at radius 1 is 1.34 bits per heavy atom. The number of rotatable bonds is 3. The number of aromatic carboxylic acids is 1. The summed E-state index contributed by atoms with van der Waals surface area (Å²) < 4.78 is 6.88. The van der Waals surface area contributed by atoms with E-state index in [-0.39, 0.29) is 29.4 Å². The number of carboxylic acid groups (broad SMARTS) is 1. The van der Waals surface area contributed by atoms with Crippen molar-refractivity contribution >= 4 is 23.4 Å². The molecule has 2 N–H and O–H groups in total. The van der Waals surface area contributed by atoms with Crippen LogP contribution in [-0.2, 0) is 4.74 Å². The van der Waals surface area contributed by atoms with E-state index in [4.69, 9.17) is 4.74 Å². The van der Waals surface area contributed by atoms with Crippen LogP contribution >= 0.6 is 0 Å². The Bertz CT molecular complexity index is 989. The number of aromatic nitrogens is 3. The number of carbonyl (C=O) groups is 2. The zero-order chi connectivity index (χ0) is 21.5. The molecule has 0 spiro atoms. The minimum atomic E-state index is -1.17. The van der Waals surface area contributed by atoms with Crippen LogP contribution < -0.4 is 10.5 Å². The number of aromatic amines is 1. The van der Waals surface area contributed by atoms with Gasteiger partial charge in [-0.25, -0.2) is 19.1 Å². The SMILES string of the molecule is CC[C@@H]1CN(c2cc(=O)[nH]n3cc(C(=O)O)nc23)[C@@H](C)CN1C(=O)OC(C)(C)C. The molecular weight excluding hydrogens is 378 g/mol. The number of carbonyl (C=O) groups excluding carboxylic acids is 1. The lowest BCUT2D eigenvalue weighted by molar-refractivity contribution is 0.0106. The maximum Gasteiger partial charge on any atom is 0.410 e. The molecule has 1 saturated heterocycles. The summed E-state index contributed by atoms with van der Waals surface area (Å²) >= 11 is 0. The fourth-order valence-corrected chi connectivity index (χ4v) is 3.57. The van der Waals surface area contributed by atoms with Gasteiger partial charge in [0.25, 0.3) is 5.56 Å². The Labute approximate surface area is 168 Å². The summed E-state index contributed by atoms with van der Waals surface area (Å²) in [6.07, 6.45) is 1.62. The van der Waals surface area contributed by atoms with Crippen molar-refractivity contribution in [2.75, 3.05) is 18.0 Å². The highest BCUT2D eigenvalue weighted by Crippen LogP contribution is 2.28. The number of amides is 1. The number of H-pyrrole nitrogens is 1. The van der Waals surface area contributed by atoms with E-state index >= 15 is 0 Å². The smallest absolute Gasteiger partial charge is 0.410 e. The molecule has 0 bridgehead atoms. The van der Waals surface area contributed by atoms with Crippen LogP contribution in [0.5, 0.6) is 0 Å². The standard InChI is InChI=1S/C19H27N5O5/c1-6-12-9-22(11(2)8-23(12)18(28)29-19(3,4)5)14-7-15(25)21-24-10-13(17(26)27)20-16(14)24/h7,10-12H,6,8-9H2,1-5H3,(H,21,25)(H,26,27)/t11-,12+/m0/s1. The molecule has 3 heterocycles. The van der Waals surface area contributed by atoms with Gasteiger partial charge in [0.15, 0.2) is 11.3 Å². The summed E-state index contributed by atoms with van der Waals surface area (Å²) in [6, 6.07) is 1.18. The third kappa shape index (κ3) is 4.20. The van der Waals surface area contributed by atoms with Crippen molar-refractivity contribution in [3.05, 3.63) is 28.3 Å². The van der Waals surface area contributed by atoms with Gasteiger partial charge in [-0.1, -0.05) is 6.92 Å². The van der Waals surface area contributed by atoms with Gasteiger partial charge in [0, 0.05) is 25.2 Å². The van der Waals surface area contributed by atoms with E-state index in [0.717, 1.165) is 0 Å². The molecule has 158 valence electrons. The van der Waals surface area contributed by atoms with Gasteiger partial charge in [0.2, 0.25) is 0 Å². The molecule has 10 heteroatoms. The second kappa shape index (κ2) is 7.41. The lowest BCUT2D eigenvalue weighted by Gasteiger charge is -2.46. The first-order valence-corrected chi connectivity index (χ1v) is 9.62. The highest BCUT2D eigenvalue weighted by Gasteiger charge is 2.37. The average Bonchev–Trinajstić information content (AvgIpc) is 3.03. The molecule has 29 heavy (non-hydrogen) atoms. The normalized spacial score (nSPS) is 20.2. The van der Waals surface area contributed by atoms with Crippen LogP contribution in [0.15, 0.2) is 17.1 Å². The Kier molecular flexibility index (Phi) is 5.29. The fourth-order valence-electron chi connectivity index (χ4n) is 3.57. The number of hydrogen-bond acceptors (Lipinski definition) is 6. The van der Waals surface area contributed by atoms with Gasteiger partial charge < -0.3 is 19.6 Å². The monoisotopic (exact) mass is 405 g/mol. The molecule has 1 aliphatic rings. The van der Waals surface area contributed by atoms with Crippen LogP contribution in [0, 0.1) is 0 Å². The molecular formula is C19H27N5O5. The van der Waals surface area contributed by atoms with Gasteiger partial charge in [0.1, 0.15) is 5.60 Å². The zero-order valence-corrected chi connectivity index (χ0v) is 17.3. The molecule has 0 aliphatic carbocycles. The Morgan fingerprint density at radius 2 is 2.03 bits per heavy atom. The number of carboxylic acids is 1. The molecule has 0 radical (unpaired) electrons. The van der Waals surface area contributed by atoms with Crippen molar-refractivity contribution in [1.29, 1.82) is 0 Å². The summed E-state index contributed by atoms with van der Waals surface area (Å²) in [4.78, 5) is 44.0. The Morgan fingerprint density at radius 3 is 2.62 bits per heavy atom. The minimum absolute atomic E-state index is 0.116. The molecule has 0 unspecified atom stereocenters. The van der Waals surface area contributed by atoms with E-state index in [1.807, 2.05) is 39.5 Å². The molecule has 2 atom stereocenters. The Balaban J connectivity index is 1.96. The molecule has 2 aromatic heterocycles. The number of nitrogens with one attached hydrogen (secondary N) is 1. The van der Waals surface area contributed by atoms with E-state index < -0.39 is 11.6 Å². The predicted molar refractivity (Wildman–Crippen MR) is 107 cm³/mol. The van der Waals surface area contributed by atoms with Gasteiger partial charge in [-0.15, -0.1) is 0 Å². The second-order valence-electron chi connectivity index (χ2n) is 8.33. The zero-order valence-electron chi connectivity index (χ0n) is 17.3. The van der Waals surface area contributed by atoms with Crippen molar-refractivity contribution in [2.24, 2.45) is 0 Å². The predicted octanol–water partition coefficient (Wildman–Crippen LogP) is 1.94. The van der Waals surface area contributed by atoms with Gasteiger partial charge in [0.05, 0.1) is 17.9 Å². The summed E-state index contributed by atoms with van der Waals surface area (Å²) in [5, 5.41) is 11.8. The quantitative estimate of drug-likeness (QED) is 0.801. The second-order valence-corrected chi connectivity index (χ2v) is 8.33. The maximum absolute atomic E-state index is 12.7. The van der Waals surface area contributed by atoms with E-state index in [1.54, 1.807) is 4.90 Å². The van der Waals surface area contributed by atoms with Gasteiger partial charge in [-0.3, -0.25) is 9.89 Å². The summed E-state index contributed by atoms with van der Waals surface area (Å²) in [5.41, 5.74) is -0.208. The highest BCUT2D eigenvalue weighted by atomic mass is 16.6. The number of nitrogens with zero attached hydrogens (tertiary/aromatic N) is 4. The number of hydrogen-bond donors (Lipinski definition) is 2. The van der Waals surface area contributed by atoms with Crippen LogP contribution in [0.4, 0.5) is 10.5 Å². The molecule has 0 saturated carbocycles. The Hall–Kier alpha value is -3.04. The molecule has 2 aromatic rings. The molecule has 3 rings (SSSR count). The topological polar surface area (TPSA) is 120 Å². The number of ether oxygens (including phenoxy) is 1. The summed E-state index contributed by atoms with van der Waals surface area (Å²) in [5.74, 6) is -1.17. The lowest BCUT2D eigenvalue weighted by Crippen LogP contribution is -2.60. The van der Waals surface area contributed by atoms with Crippen molar-refractivity contribution in [2.45, 2.75) is 58.7 Å². The van der Waals surface area contributed by atoms with Gasteiger partial charge >= 0.3 is 12.1 Å². The molecule has 0 aromatic carbocycles. The van der Waals surface area contributed by atoms with Crippen LogP contribution in [0.1, 0.15) is 51.5 Å². The van der Waals surface area contributed by atoms with Crippen LogP contribution in [0.25, 0.3) is 5.65 Å². The largest absolute Gasteiger partial charge is 0.476 e. The van der Waals surface area contributed by atoms with E-state index in [0.29, 0.717) is 30.8 Å². The van der Waals surface area contributed by atoms with Crippen molar-refractivity contribution in [3.8, 4) is 0 Å². The van der Waals surface area contributed by atoms with E-state index in [9.17, 15) is 19.5 Å². The third-order valence-electron chi connectivity index (χ3n) is 4.90. The third-order valence-corrected chi connectivity index (χ3v) is 4.90. The average molecular weight is 405 g/mol. The first-order valence-electron chi connectivity index (χ1n) is 9.62. The molecule has 1 fully saturated rings. The fraction of sp³-hybridized carbons (Fsp3) is 0.579. The van der Waals surface area contributed by atoms with E-state index in [2.05, 4.69) is 10.1 Å². The van der Waals surface area contributed by atoms with E-state index in [1.165, 1.54) is 16.8 Å². The lowest BCUT2D eigenvalue weighted by atomic mass is 10.0. The van der Waals surface area contributed by atoms with Crippen molar-refractivity contribution in [3.63, 3.8) is 0 Å².